The minimum absolute atomic E-state index is 0.102. The molecule has 0 heterocycles. The van der Waals surface area contributed by atoms with Crippen molar-refractivity contribution >= 4 is 12.2 Å². The summed E-state index contributed by atoms with van der Waals surface area (Å²) in [7, 11) is 1.48. The number of alkyl halides is 6. The van der Waals surface area contributed by atoms with Crippen LogP contribution in [0.4, 0.5) is 26.3 Å². The van der Waals surface area contributed by atoms with Crippen LogP contribution < -0.4 is 4.74 Å². The molecule has 0 fully saturated rings. The van der Waals surface area contributed by atoms with Gasteiger partial charge in [-0.15, -0.1) is 0 Å². The molecule has 2 aromatic carbocycles. The molecule has 0 unspecified atom stereocenters. The van der Waals surface area contributed by atoms with E-state index < -0.39 is 23.5 Å². The van der Waals surface area contributed by atoms with Crippen LogP contribution in [0, 0.1) is 0 Å². The molecule has 24 heavy (non-hydrogen) atoms. The van der Waals surface area contributed by atoms with Crippen molar-refractivity contribution in [2.24, 2.45) is 0 Å². The zero-order valence-electron chi connectivity index (χ0n) is 12.4. The van der Waals surface area contributed by atoms with Crippen LogP contribution in [0.2, 0.25) is 0 Å². The number of methoxy groups -OCH3 is 1. The van der Waals surface area contributed by atoms with Crippen LogP contribution in [-0.4, -0.2) is 7.11 Å². The summed E-state index contributed by atoms with van der Waals surface area (Å²) in [6.07, 6.45) is -7.09. The average Bonchev–Trinajstić information content (AvgIpc) is 2.51. The Morgan fingerprint density at radius 1 is 0.708 bits per heavy atom. The first kappa shape index (κ1) is 17.9. The highest BCUT2D eigenvalue weighted by molar-refractivity contribution is 5.70. The van der Waals surface area contributed by atoms with Gasteiger partial charge >= 0.3 is 12.4 Å². The van der Waals surface area contributed by atoms with Crippen LogP contribution >= 0.6 is 0 Å². The molecule has 0 atom stereocenters. The number of hydrogen-bond donors (Lipinski definition) is 0. The molecule has 0 saturated carbocycles. The summed E-state index contributed by atoms with van der Waals surface area (Å²) in [5, 5.41) is 0. The highest BCUT2D eigenvalue weighted by Gasteiger charge is 2.36. The van der Waals surface area contributed by atoms with Crippen molar-refractivity contribution in [1.29, 1.82) is 0 Å². The van der Waals surface area contributed by atoms with Gasteiger partial charge in [0.2, 0.25) is 0 Å². The average molecular weight is 346 g/mol. The Balaban J connectivity index is 2.39. The Bertz CT molecular complexity index is 694. The van der Waals surface area contributed by atoms with E-state index >= 15 is 0 Å². The van der Waals surface area contributed by atoms with E-state index in [4.69, 9.17) is 4.74 Å². The molecule has 0 aliphatic rings. The molecule has 0 bridgehead atoms. The number of hydrogen-bond acceptors (Lipinski definition) is 1. The van der Waals surface area contributed by atoms with Crippen LogP contribution in [0.15, 0.2) is 42.5 Å². The van der Waals surface area contributed by atoms with Gasteiger partial charge in [0.1, 0.15) is 5.75 Å². The number of ether oxygens (including phenoxy) is 1. The van der Waals surface area contributed by atoms with Crippen molar-refractivity contribution in [1.82, 2.24) is 0 Å². The molecule has 0 aliphatic carbocycles. The maximum Gasteiger partial charge on any atom is 0.416 e. The highest BCUT2D eigenvalue weighted by atomic mass is 19.4. The summed E-state index contributed by atoms with van der Waals surface area (Å²) < 4.78 is 81.6. The molecule has 0 amide bonds. The minimum atomic E-state index is -4.86. The first-order valence-electron chi connectivity index (χ1n) is 6.71. The third-order valence-corrected chi connectivity index (χ3v) is 3.19. The topological polar surface area (TPSA) is 9.23 Å². The maximum atomic E-state index is 12.8. The summed E-state index contributed by atoms with van der Waals surface area (Å²) in [6.45, 7) is 0. The monoisotopic (exact) mass is 346 g/mol. The van der Waals surface area contributed by atoms with Crippen LogP contribution in [-0.2, 0) is 12.4 Å². The Labute approximate surface area is 134 Å². The molecule has 128 valence electrons. The Kier molecular flexibility index (Phi) is 4.91. The van der Waals surface area contributed by atoms with Gasteiger partial charge in [0.15, 0.2) is 0 Å². The summed E-state index contributed by atoms with van der Waals surface area (Å²) in [5.41, 5.74) is -2.26. The quantitative estimate of drug-likeness (QED) is 0.496. The van der Waals surface area contributed by atoms with Crippen LogP contribution in [0.3, 0.4) is 0 Å². The molecule has 0 aliphatic heterocycles. The molecular weight excluding hydrogens is 334 g/mol. The van der Waals surface area contributed by atoms with Gasteiger partial charge in [0.25, 0.3) is 0 Å². The van der Waals surface area contributed by atoms with Gasteiger partial charge in [-0.25, -0.2) is 0 Å². The largest absolute Gasteiger partial charge is 0.497 e. The van der Waals surface area contributed by atoms with E-state index in [2.05, 4.69) is 0 Å². The lowest BCUT2D eigenvalue weighted by Gasteiger charge is -2.12. The van der Waals surface area contributed by atoms with Crippen molar-refractivity contribution in [3.05, 3.63) is 64.7 Å². The number of rotatable bonds is 3. The molecule has 0 aromatic heterocycles. The van der Waals surface area contributed by atoms with Crippen LogP contribution in [0.1, 0.15) is 22.3 Å². The second kappa shape index (κ2) is 6.59. The van der Waals surface area contributed by atoms with Gasteiger partial charge in [-0.2, -0.15) is 26.3 Å². The fourth-order valence-corrected chi connectivity index (χ4v) is 1.98. The van der Waals surface area contributed by atoms with E-state index in [1.54, 1.807) is 24.3 Å². The molecular formula is C17H12F6O. The fourth-order valence-electron chi connectivity index (χ4n) is 1.98. The van der Waals surface area contributed by atoms with Crippen molar-refractivity contribution in [3.8, 4) is 5.75 Å². The van der Waals surface area contributed by atoms with Gasteiger partial charge in [0.05, 0.1) is 18.2 Å². The summed E-state index contributed by atoms with van der Waals surface area (Å²) in [6, 6.07) is 7.98. The number of halogens is 6. The lowest BCUT2D eigenvalue weighted by Crippen LogP contribution is -2.11. The van der Waals surface area contributed by atoms with Crippen LogP contribution in [0.5, 0.6) is 5.75 Å². The van der Waals surface area contributed by atoms with Gasteiger partial charge in [0, 0.05) is 0 Å². The molecule has 2 aromatic rings. The highest BCUT2D eigenvalue weighted by Crippen LogP contribution is 2.36. The van der Waals surface area contributed by atoms with E-state index in [0.29, 0.717) is 23.4 Å². The van der Waals surface area contributed by atoms with Gasteiger partial charge in [-0.3, -0.25) is 0 Å². The Morgan fingerprint density at radius 2 is 1.17 bits per heavy atom. The number of benzene rings is 2. The molecule has 0 radical (unpaired) electrons. The first-order valence-corrected chi connectivity index (χ1v) is 6.71. The van der Waals surface area contributed by atoms with Gasteiger partial charge < -0.3 is 4.74 Å². The summed E-state index contributed by atoms with van der Waals surface area (Å²) in [5.74, 6) is 0.588. The van der Waals surface area contributed by atoms with Gasteiger partial charge in [-0.05, 0) is 41.5 Å². The molecule has 0 saturated heterocycles. The van der Waals surface area contributed by atoms with E-state index in [0.717, 1.165) is 0 Å². The zero-order valence-corrected chi connectivity index (χ0v) is 12.4. The summed E-state index contributed by atoms with van der Waals surface area (Å²) >= 11 is 0. The van der Waals surface area contributed by atoms with Gasteiger partial charge in [-0.1, -0.05) is 24.3 Å². The van der Waals surface area contributed by atoms with Crippen molar-refractivity contribution in [2.75, 3.05) is 7.11 Å². The Hall–Kier alpha value is -2.44. The molecule has 1 nitrogen and oxygen atoms in total. The first-order chi connectivity index (χ1) is 11.1. The third kappa shape index (κ3) is 4.53. The van der Waals surface area contributed by atoms with E-state index in [-0.39, 0.29) is 11.6 Å². The predicted molar refractivity (Wildman–Crippen MR) is 78.4 cm³/mol. The maximum absolute atomic E-state index is 12.8. The zero-order chi connectivity index (χ0) is 18.0. The summed E-state index contributed by atoms with van der Waals surface area (Å²) in [4.78, 5) is 0. The standard InChI is InChI=1S/C17H12F6O/c1-24-15-6-4-11(5-7-15)2-3-12-8-13(16(18,19)20)10-14(9-12)17(21,22)23/h2-10H,1H3/b3-2+. The molecule has 7 heteroatoms. The lowest BCUT2D eigenvalue weighted by atomic mass is 10.0. The van der Waals surface area contributed by atoms with Crippen molar-refractivity contribution in [2.45, 2.75) is 12.4 Å². The Morgan fingerprint density at radius 3 is 1.58 bits per heavy atom. The molecule has 2 rings (SSSR count). The lowest BCUT2D eigenvalue weighted by molar-refractivity contribution is -0.143. The van der Waals surface area contributed by atoms with Crippen LogP contribution in [0.25, 0.3) is 12.2 Å². The third-order valence-electron chi connectivity index (χ3n) is 3.19. The van der Waals surface area contributed by atoms with E-state index in [9.17, 15) is 26.3 Å². The second-order valence-corrected chi connectivity index (χ2v) is 4.95. The predicted octanol–water partition coefficient (Wildman–Crippen LogP) is 5.90. The SMILES string of the molecule is COc1ccc(/C=C/c2cc(C(F)(F)F)cc(C(F)(F)F)c2)cc1. The van der Waals surface area contributed by atoms with E-state index in [1.165, 1.54) is 19.3 Å². The van der Waals surface area contributed by atoms with E-state index in [1.807, 2.05) is 0 Å². The molecule has 0 spiro atoms. The normalized spacial score (nSPS) is 12.6. The fraction of sp³-hybridized carbons (Fsp3) is 0.176. The second-order valence-electron chi connectivity index (χ2n) is 4.95. The minimum Gasteiger partial charge on any atom is -0.497 e. The smallest absolute Gasteiger partial charge is 0.416 e. The molecule has 0 N–H and O–H groups in total. The van der Waals surface area contributed by atoms with Crippen molar-refractivity contribution in [3.63, 3.8) is 0 Å². The van der Waals surface area contributed by atoms with Crippen molar-refractivity contribution < 1.29 is 31.1 Å².